The van der Waals surface area contributed by atoms with Gasteiger partial charge in [0.1, 0.15) is 11.5 Å². The van der Waals surface area contributed by atoms with Gasteiger partial charge in [0.05, 0.1) is 16.8 Å². The molecule has 1 aliphatic carbocycles. The van der Waals surface area contributed by atoms with Crippen LogP contribution in [0, 0.1) is 0 Å². The van der Waals surface area contributed by atoms with Gasteiger partial charge in [0.25, 0.3) is 0 Å². The van der Waals surface area contributed by atoms with Crippen LogP contribution >= 0.6 is 0 Å². The Bertz CT molecular complexity index is 2880. The van der Waals surface area contributed by atoms with Crippen LogP contribution in [-0.2, 0) is 5.41 Å². The molecule has 1 aromatic heterocycles. The predicted octanol–water partition coefficient (Wildman–Crippen LogP) is 12.8. The zero-order valence-electron chi connectivity index (χ0n) is 29.3. The summed E-state index contributed by atoms with van der Waals surface area (Å²) in [6.07, 6.45) is 0. The maximum atomic E-state index is 6.74. The first-order chi connectivity index (χ1) is 26.8. The molecule has 252 valence electrons. The van der Waals surface area contributed by atoms with Crippen molar-refractivity contribution in [2.24, 2.45) is 0 Å². The number of nitrogens with zero attached hydrogens (tertiary/aromatic N) is 2. The third-order valence-electron chi connectivity index (χ3n) is 11.2. The van der Waals surface area contributed by atoms with Crippen LogP contribution in [0.3, 0.4) is 0 Å². The molecule has 0 unspecified atom stereocenters. The van der Waals surface area contributed by atoms with Gasteiger partial charge in [-0.25, -0.2) is 9.97 Å². The SMILES string of the molecule is c1ccc(-c2nc(-c3ccccc3-c3ccc4c(c3)C3(c5ccccc5O4)c4ccccc4-c4ccccc43)cc(-c3cccc4ccccc34)n2)cc1. The van der Waals surface area contributed by atoms with E-state index in [1.807, 2.05) is 18.2 Å². The lowest BCUT2D eigenvalue weighted by Crippen LogP contribution is -2.32. The van der Waals surface area contributed by atoms with Gasteiger partial charge in [0, 0.05) is 27.8 Å². The van der Waals surface area contributed by atoms with E-state index in [2.05, 4.69) is 176 Å². The van der Waals surface area contributed by atoms with Gasteiger partial charge in [-0.15, -0.1) is 0 Å². The molecule has 0 bridgehead atoms. The maximum absolute atomic E-state index is 6.74. The van der Waals surface area contributed by atoms with Crippen molar-refractivity contribution in [2.75, 3.05) is 0 Å². The van der Waals surface area contributed by atoms with Crippen LogP contribution in [0.15, 0.2) is 194 Å². The molecule has 1 spiro atoms. The highest BCUT2D eigenvalue weighted by atomic mass is 16.5. The van der Waals surface area contributed by atoms with Crippen molar-refractivity contribution < 1.29 is 4.74 Å². The molecule has 3 heteroatoms. The van der Waals surface area contributed by atoms with E-state index in [1.54, 1.807) is 0 Å². The molecule has 2 aliphatic rings. The third-order valence-corrected chi connectivity index (χ3v) is 11.2. The second-order valence-corrected chi connectivity index (χ2v) is 14.1. The van der Waals surface area contributed by atoms with Crippen LogP contribution in [-0.4, -0.2) is 9.97 Å². The van der Waals surface area contributed by atoms with Gasteiger partial charge >= 0.3 is 0 Å². The molecule has 0 N–H and O–H groups in total. The van der Waals surface area contributed by atoms with E-state index in [-0.39, 0.29) is 0 Å². The van der Waals surface area contributed by atoms with E-state index < -0.39 is 5.41 Å². The van der Waals surface area contributed by atoms with Crippen molar-refractivity contribution in [3.8, 4) is 67.7 Å². The molecule has 2 heterocycles. The van der Waals surface area contributed by atoms with Crippen molar-refractivity contribution in [3.05, 3.63) is 216 Å². The Kier molecular flexibility index (Phi) is 6.77. The minimum absolute atomic E-state index is 0.542. The number of ether oxygens (including phenoxy) is 1. The number of rotatable bonds is 4. The smallest absolute Gasteiger partial charge is 0.160 e. The van der Waals surface area contributed by atoms with Gasteiger partial charge in [-0.05, 0) is 68.4 Å². The Labute approximate surface area is 313 Å². The van der Waals surface area contributed by atoms with E-state index in [1.165, 1.54) is 27.6 Å². The van der Waals surface area contributed by atoms with Gasteiger partial charge in [-0.1, -0.05) is 170 Å². The summed E-state index contributed by atoms with van der Waals surface area (Å²) >= 11 is 0. The number of fused-ring (bicyclic) bond motifs is 10. The fourth-order valence-corrected chi connectivity index (χ4v) is 8.87. The Hall–Kier alpha value is -7.10. The van der Waals surface area contributed by atoms with Crippen LogP contribution in [0.5, 0.6) is 11.5 Å². The highest BCUT2D eigenvalue weighted by Crippen LogP contribution is 2.62. The van der Waals surface area contributed by atoms with E-state index in [9.17, 15) is 0 Å². The lowest BCUT2D eigenvalue weighted by atomic mass is 9.65. The largest absolute Gasteiger partial charge is 0.457 e. The van der Waals surface area contributed by atoms with Crippen LogP contribution in [0.2, 0.25) is 0 Å². The van der Waals surface area contributed by atoms with Crippen molar-refractivity contribution in [1.82, 2.24) is 9.97 Å². The first-order valence-electron chi connectivity index (χ1n) is 18.4. The molecule has 11 rings (SSSR count). The molecule has 0 saturated carbocycles. The molecular weight excluding hydrogens is 657 g/mol. The number of benzene rings is 8. The Balaban J connectivity index is 1.15. The zero-order chi connectivity index (χ0) is 35.6. The van der Waals surface area contributed by atoms with Crippen molar-refractivity contribution in [1.29, 1.82) is 0 Å². The summed E-state index contributed by atoms with van der Waals surface area (Å²) < 4.78 is 6.74. The molecule has 3 nitrogen and oxygen atoms in total. The van der Waals surface area contributed by atoms with Gasteiger partial charge < -0.3 is 4.74 Å². The normalized spacial score (nSPS) is 13.1. The standard InChI is InChI=1S/C51H32N2O/c1-2-16-34(17-3-1)50-52-46(32-47(53-50)41-24-14-18-33-15-4-5-19-36(33)41)40-23-7-6-20-37(40)35-29-30-49-45(31-35)51(44-27-12-13-28-48(44)54-49)42-25-10-8-21-38(42)39-22-9-11-26-43(39)51/h1-32H. The number of hydrogen-bond acceptors (Lipinski definition) is 3. The molecule has 0 fully saturated rings. The second kappa shape index (κ2) is 12.0. The molecule has 0 amide bonds. The molecule has 0 radical (unpaired) electrons. The molecule has 1 aliphatic heterocycles. The second-order valence-electron chi connectivity index (χ2n) is 14.1. The van der Waals surface area contributed by atoms with Crippen LogP contribution in [0.1, 0.15) is 22.3 Å². The Morgan fingerprint density at radius 2 is 0.907 bits per heavy atom. The van der Waals surface area contributed by atoms with E-state index in [4.69, 9.17) is 14.7 Å². The quantitative estimate of drug-likeness (QED) is 0.185. The maximum Gasteiger partial charge on any atom is 0.160 e. The monoisotopic (exact) mass is 688 g/mol. The summed E-state index contributed by atoms with van der Waals surface area (Å²) in [6, 6.07) is 68.9. The summed E-state index contributed by atoms with van der Waals surface area (Å²) in [5, 5.41) is 2.34. The number of para-hydroxylation sites is 1. The number of hydrogen-bond donors (Lipinski definition) is 0. The van der Waals surface area contributed by atoms with Crippen LogP contribution in [0.4, 0.5) is 0 Å². The summed E-state index contributed by atoms with van der Waals surface area (Å²) in [4.78, 5) is 10.5. The zero-order valence-corrected chi connectivity index (χ0v) is 29.3. The van der Waals surface area contributed by atoms with E-state index in [0.717, 1.165) is 67.2 Å². The minimum atomic E-state index is -0.542. The van der Waals surface area contributed by atoms with Crippen molar-refractivity contribution in [3.63, 3.8) is 0 Å². The average Bonchev–Trinajstić information content (AvgIpc) is 3.54. The Morgan fingerprint density at radius 3 is 1.69 bits per heavy atom. The summed E-state index contributed by atoms with van der Waals surface area (Å²) in [6.45, 7) is 0. The fraction of sp³-hybridized carbons (Fsp3) is 0.0196. The highest BCUT2D eigenvalue weighted by molar-refractivity contribution is 5.97. The summed E-state index contributed by atoms with van der Waals surface area (Å²) in [5.74, 6) is 2.45. The molecule has 9 aromatic rings. The third kappa shape index (κ3) is 4.49. The van der Waals surface area contributed by atoms with Gasteiger partial charge in [0.15, 0.2) is 5.82 Å². The number of aromatic nitrogens is 2. The summed E-state index contributed by atoms with van der Waals surface area (Å²) in [7, 11) is 0. The molecular formula is C51H32N2O. The molecule has 54 heavy (non-hydrogen) atoms. The van der Waals surface area contributed by atoms with Crippen LogP contribution < -0.4 is 4.74 Å². The first-order valence-corrected chi connectivity index (χ1v) is 18.4. The molecule has 0 saturated heterocycles. The van der Waals surface area contributed by atoms with E-state index in [0.29, 0.717) is 5.82 Å². The molecule has 8 aromatic carbocycles. The van der Waals surface area contributed by atoms with E-state index >= 15 is 0 Å². The summed E-state index contributed by atoms with van der Waals surface area (Å²) in [5.41, 5.74) is 13.9. The van der Waals surface area contributed by atoms with Crippen molar-refractivity contribution >= 4 is 10.8 Å². The topological polar surface area (TPSA) is 35.0 Å². The molecule has 0 atom stereocenters. The Morgan fingerprint density at radius 1 is 0.352 bits per heavy atom. The van der Waals surface area contributed by atoms with Gasteiger partial charge in [0.2, 0.25) is 0 Å². The van der Waals surface area contributed by atoms with Gasteiger partial charge in [-0.3, -0.25) is 0 Å². The minimum Gasteiger partial charge on any atom is -0.457 e. The average molecular weight is 689 g/mol. The first kappa shape index (κ1) is 30.5. The van der Waals surface area contributed by atoms with Crippen LogP contribution in [0.25, 0.3) is 66.9 Å². The van der Waals surface area contributed by atoms with Gasteiger partial charge in [-0.2, -0.15) is 0 Å². The fourth-order valence-electron chi connectivity index (χ4n) is 8.87. The predicted molar refractivity (Wildman–Crippen MR) is 219 cm³/mol. The lowest BCUT2D eigenvalue weighted by Gasteiger charge is -2.39. The lowest BCUT2D eigenvalue weighted by molar-refractivity contribution is 0.436. The highest BCUT2D eigenvalue weighted by Gasteiger charge is 2.51. The van der Waals surface area contributed by atoms with Crippen molar-refractivity contribution in [2.45, 2.75) is 5.41 Å².